The van der Waals surface area contributed by atoms with Gasteiger partial charge >= 0.3 is 0 Å². The molecule has 5 nitrogen and oxygen atoms in total. The molecule has 1 heterocycles. The van der Waals surface area contributed by atoms with E-state index in [1.807, 2.05) is 4.90 Å². The van der Waals surface area contributed by atoms with Gasteiger partial charge in [-0.2, -0.15) is 0 Å². The van der Waals surface area contributed by atoms with Crippen LogP contribution in [0.3, 0.4) is 0 Å². The van der Waals surface area contributed by atoms with E-state index in [4.69, 9.17) is 5.73 Å². The van der Waals surface area contributed by atoms with E-state index in [-0.39, 0.29) is 29.7 Å². The minimum absolute atomic E-state index is 0.0955. The molecular formula is C15H22FN3O2. The van der Waals surface area contributed by atoms with Gasteiger partial charge in [0.2, 0.25) is 5.91 Å². The normalized spacial score (nSPS) is 22.0. The number of halogens is 1. The van der Waals surface area contributed by atoms with Gasteiger partial charge in [-0.05, 0) is 50.9 Å². The maximum atomic E-state index is 13.6. The number of anilines is 2. The largest absolute Gasteiger partial charge is 0.399 e. The Balaban J connectivity index is 1.99. The van der Waals surface area contributed by atoms with Crippen molar-refractivity contribution in [3.8, 4) is 0 Å². The van der Waals surface area contributed by atoms with E-state index in [0.717, 1.165) is 13.0 Å². The minimum atomic E-state index is -0.506. The van der Waals surface area contributed by atoms with Gasteiger partial charge in [-0.15, -0.1) is 0 Å². The van der Waals surface area contributed by atoms with Crippen molar-refractivity contribution in [1.82, 2.24) is 4.90 Å². The molecule has 3 atom stereocenters. The Hall–Kier alpha value is -1.66. The average molecular weight is 295 g/mol. The molecule has 6 heteroatoms. The Morgan fingerprint density at radius 1 is 1.52 bits per heavy atom. The number of nitrogens with zero attached hydrogens (tertiary/aromatic N) is 1. The molecule has 0 bridgehead atoms. The highest BCUT2D eigenvalue weighted by Crippen LogP contribution is 2.23. The molecule has 0 aromatic heterocycles. The summed E-state index contributed by atoms with van der Waals surface area (Å²) in [6.45, 7) is 4.97. The van der Waals surface area contributed by atoms with Gasteiger partial charge in [-0.3, -0.25) is 9.69 Å². The fourth-order valence-electron chi connectivity index (χ4n) is 2.60. The zero-order valence-corrected chi connectivity index (χ0v) is 12.3. The standard InChI is InChI=1S/C15H22FN3O2/c1-9(19-6-5-11(8-19)10(2)20)15(21)18-14-7-12(17)3-4-13(14)16/h3-4,7,9-11,20H,5-6,8,17H2,1-2H3,(H,18,21). The molecule has 1 amide bonds. The van der Waals surface area contributed by atoms with Crippen LogP contribution >= 0.6 is 0 Å². The maximum absolute atomic E-state index is 13.6. The number of aliphatic hydroxyl groups is 1. The Bertz CT molecular complexity index is 522. The highest BCUT2D eigenvalue weighted by molar-refractivity contribution is 5.95. The number of likely N-dealkylation sites (tertiary alicyclic amines) is 1. The quantitative estimate of drug-likeness (QED) is 0.734. The topological polar surface area (TPSA) is 78.6 Å². The van der Waals surface area contributed by atoms with Gasteiger partial charge in [-0.25, -0.2) is 4.39 Å². The molecule has 21 heavy (non-hydrogen) atoms. The van der Waals surface area contributed by atoms with E-state index >= 15 is 0 Å². The number of nitrogens with one attached hydrogen (secondary N) is 1. The summed E-state index contributed by atoms with van der Waals surface area (Å²) in [5.41, 5.74) is 6.09. The van der Waals surface area contributed by atoms with Gasteiger partial charge < -0.3 is 16.2 Å². The first-order valence-corrected chi connectivity index (χ1v) is 7.16. The van der Waals surface area contributed by atoms with Crippen molar-refractivity contribution in [3.05, 3.63) is 24.0 Å². The van der Waals surface area contributed by atoms with Gasteiger partial charge in [0.1, 0.15) is 5.82 Å². The van der Waals surface area contributed by atoms with Crippen molar-refractivity contribution in [2.75, 3.05) is 24.1 Å². The number of rotatable bonds is 4. The molecule has 1 aromatic rings. The summed E-state index contributed by atoms with van der Waals surface area (Å²) in [4.78, 5) is 14.2. The van der Waals surface area contributed by atoms with Crippen LogP contribution in [-0.4, -0.2) is 41.1 Å². The van der Waals surface area contributed by atoms with E-state index in [1.165, 1.54) is 18.2 Å². The lowest BCUT2D eigenvalue weighted by Crippen LogP contribution is -2.41. The van der Waals surface area contributed by atoms with Crippen molar-refractivity contribution >= 4 is 17.3 Å². The summed E-state index contributed by atoms with van der Waals surface area (Å²) >= 11 is 0. The zero-order valence-electron chi connectivity index (χ0n) is 12.3. The smallest absolute Gasteiger partial charge is 0.241 e. The van der Waals surface area contributed by atoms with Gasteiger partial charge in [0.25, 0.3) is 0 Å². The second-order valence-corrected chi connectivity index (χ2v) is 5.69. The molecular weight excluding hydrogens is 273 g/mol. The summed E-state index contributed by atoms with van der Waals surface area (Å²) in [5, 5.41) is 12.2. The van der Waals surface area contributed by atoms with Crippen molar-refractivity contribution < 1.29 is 14.3 Å². The van der Waals surface area contributed by atoms with Crippen molar-refractivity contribution in [1.29, 1.82) is 0 Å². The van der Waals surface area contributed by atoms with Crippen LogP contribution in [0, 0.1) is 11.7 Å². The van der Waals surface area contributed by atoms with Crippen molar-refractivity contribution in [3.63, 3.8) is 0 Å². The first kappa shape index (κ1) is 15.7. The molecule has 0 spiro atoms. The Morgan fingerprint density at radius 2 is 2.24 bits per heavy atom. The van der Waals surface area contributed by atoms with E-state index in [0.29, 0.717) is 12.2 Å². The Morgan fingerprint density at radius 3 is 2.86 bits per heavy atom. The van der Waals surface area contributed by atoms with Crippen LogP contribution in [0.15, 0.2) is 18.2 Å². The average Bonchev–Trinajstić information content (AvgIpc) is 2.91. The molecule has 2 rings (SSSR count). The number of hydrogen-bond acceptors (Lipinski definition) is 4. The second-order valence-electron chi connectivity index (χ2n) is 5.69. The molecule has 1 aromatic carbocycles. The highest BCUT2D eigenvalue weighted by Gasteiger charge is 2.31. The lowest BCUT2D eigenvalue weighted by atomic mass is 10.0. The Kier molecular flexibility index (Phi) is 4.80. The fourth-order valence-corrected chi connectivity index (χ4v) is 2.60. The van der Waals surface area contributed by atoms with E-state index in [1.54, 1.807) is 13.8 Å². The number of carbonyl (C=O) groups excluding carboxylic acids is 1. The third-order valence-corrected chi connectivity index (χ3v) is 4.11. The first-order valence-electron chi connectivity index (χ1n) is 7.16. The molecule has 1 fully saturated rings. The number of nitrogen functional groups attached to an aromatic ring is 1. The van der Waals surface area contributed by atoms with Gasteiger partial charge in [0, 0.05) is 12.2 Å². The molecule has 1 aliphatic heterocycles. The third-order valence-electron chi connectivity index (χ3n) is 4.11. The number of amides is 1. The maximum Gasteiger partial charge on any atom is 0.241 e. The summed E-state index contributed by atoms with van der Waals surface area (Å²) in [6.07, 6.45) is 0.485. The van der Waals surface area contributed by atoms with E-state index in [2.05, 4.69) is 5.32 Å². The van der Waals surface area contributed by atoms with Crippen LogP contribution in [0.1, 0.15) is 20.3 Å². The lowest BCUT2D eigenvalue weighted by Gasteiger charge is -2.24. The van der Waals surface area contributed by atoms with E-state index in [9.17, 15) is 14.3 Å². The predicted molar refractivity (Wildman–Crippen MR) is 80.3 cm³/mol. The van der Waals surface area contributed by atoms with Crippen LogP contribution in [0.25, 0.3) is 0 Å². The first-order chi connectivity index (χ1) is 9.88. The third kappa shape index (κ3) is 3.71. The zero-order chi connectivity index (χ0) is 15.6. The molecule has 0 saturated carbocycles. The fraction of sp³-hybridized carbons (Fsp3) is 0.533. The summed E-state index contributed by atoms with van der Waals surface area (Å²) < 4.78 is 13.6. The van der Waals surface area contributed by atoms with Crippen LogP contribution < -0.4 is 11.1 Å². The molecule has 4 N–H and O–H groups in total. The second kappa shape index (κ2) is 6.41. The Labute approximate surface area is 123 Å². The number of hydrogen-bond donors (Lipinski definition) is 3. The highest BCUT2D eigenvalue weighted by atomic mass is 19.1. The van der Waals surface area contributed by atoms with Crippen LogP contribution in [0.4, 0.5) is 15.8 Å². The van der Waals surface area contributed by atoms with Crippen LogP contribution in [-0.2, 0) is 4.79 Å². The summed E-state index contributed by atoms with van der Waals surface area (Å²) in [5.74, 6) is -0.594. The summed E-state index contributed by atoms with van der Waals surface area (Å²) in [7, 11) is 0. The van der Waals surface area contributed by atoms with Crippen LogP contribution in [0.5, 0.6) is 0 Å². The van der Waals surface area contributed by atoms with Gasteiger partial charge in [0.15, 0.2) is 0 Å². The summed E-state index contributed by atoms with van der Waals surface area (Å²) in [6, 6.07) is 3.70. The lowest BCUT2D eigenvalue weighted by molar-refractivity contribution is -0.120. The number of nitrogens with two attached hydrogens (primary N) is 1. The van der Waals surface area contributed by atoms with Crippen molar-refractivity contribution in [2.24, 2.45) is 5.92 Å². The molecule has 116 valence electrons. The van der Waals surface area contributed by atoms with E-state index < -0.39 is 5.82 Å². The molecule has 1 saturated heterocycles. The molecule has 0 aliphatic carbocycles. The minimum Gasteiger partial charge on any atom is -0.399 e. The number of carbonyl (C=O) groups is 1. The van der Waals surface area contributed by atoms with Crippen LogP contribution in [0.2, 0.25) is 0 Å². The van der Waals surface area contributed by atoms with Gasteiger partial charge in [-0.1, -0.05) is 0 Å². The predicted octanol–water partition coefficient (Wildman–Crippen LogP) is 1.44. The van der Waals surface area contributed by atoms with Gasteiger partial charge in [0.05, 0.1) is 17.8 Å². The molecule has 3 unspecified atom stereocenters. The SMILES string of the molecule is CC(O)C1CCN(C(C)C(=O)Nc2cc(N)ccc2F)C1. The molecule has 0 radical (unpaired) electrons. The van der Waals surface area contributed by atoms with Crippen molar-refractivity contribution in [2.45, 2.75) is 32.4 Å². The monoisotopic (exact) mass is 295 g/mol. The molecule has 1 aliphatic rings. The number of benzene rings is 1. The number of aliphatic hydroxyl groups excluding tert-OH is 1.